The molecule has 0 aliphatic carbocycles. The van der Waals surface area contributed by atoms with Crippen molar-refractivity contribution >= 4 is 22.5 Å². The van der Waals surface area contributed by atoms with Crippen LogP contribution in [0.1, 0.15) is 18.5 Å². The average molecular weight is 415 g/mol. The Hall–Kier alpha value is -3.58. The number of rotatable bonds is 6. The van der Waals surface area contributed by atoms with Crippen LogP contribution in [0.25, 0.3) is 10.9 Å². The number of fused-ring (bicyclic) bond motifs is 1. The average Bonchev–Trinajstić information content (AvgIpc) is 3.14. The summed E-state index contributed by atoms with van der Waals surface area (Å²) in [5, 5.41) is 7.71. The molecule has 5 rings (SSSR count). The van der Waals surface area contributed by atoms with Crippen LogP contribution in [0, 0.1) is 6.92 Å². The number of hydrogen-bond acceptors (Lipinski definition) is 6. The van der Waals surface area contributed by atoms with E-state index in [1.807, 2.05) is 49.4 Å². The van der Waals surface area contributed by atoms with Crippen LogP contribution in [0.5, 0.6) is 17.4 Å². The quantitative estimate of drug-likeness (QED) is 0.414. The predicted octanol–water partition coefficient (Wildman–Crippen LogP) is 4.93. The summed E-state index contributed by atoms with van der Waals surface area (Å²) in [4.78, 5) is 12.1. The minimum absolute atomic E-state index is 0.207. The molecule has 0 radical (unpaired) electrons. The van der Waals surface area contributed by atoms with Crippen molar-refractivity contribution < 1.29 is 9.47 Å². The van der Waals surface area contributed by atoms with Crippen LogP contribution in [0.15, 0.2) is 60.8 Å². The summed E-state index contributed by atoms with van der Waals surface area (Å²) in [6.45, 7) is 3.99. The molecular weight excluding hydrogens is 390 g/mol. The first-order chi connectivity index (χ1) is 15.2. The standard InChI is InChI=1S/C24H25N5O2/c1-16-12-17-13-20(7-8-22(17)27-16)31-23-9-11-26-24(29-23)28-18-4-2-5-19(14-18)30-21-6-3-10-25-15-21/h2,4-5,7-9,11-14,21,25,27H,3,6,10,15H2,1H3,(H,26,28,29). The molecule has 1 fully saturated rings. The van der Waals surface area contributed by atoms with Crippen molar-refractivity contribution in [2.45, 2.75) is 25.9 Å². The van der Waals surface area contributed by atoms with Gasteiger partial charge in [0.2, 0.25) is 11.8 Å². The van der Waals surface area contributed by atoms with Gasteiger partial charge in [0, 0.05) is 47.2 Å². The predicted molar refractivity (Wildman–Crippen MR) is 121 cm³/mol. The summed E-state index contributed by atoms with van der Waals surface area (Å²) in [5.74, 6) is 2.51. The van der Waals surface area contributed by atoms with Gasteiger partial charge in [0.25, 0.3) is 0 Å². The van der Waals surface area contributed by atoms with E-state index in [1.54, 1.807) is 12.3 Å². The molecule has 1 aliphatic heterocycles. The molecule has 2 aromatic heterocycles. The number of aromatic nitrogens is 3. The second kappa shape index (κ2) is 8.65. The molecule has 3 N–H and O–H groups in total. The summed E-state index contributed by atoms with van der Waals surface area (Å²) in [6.07, 6.45) is 4.09. The lowest BCUT2D eigenvalue weighted by molar-refractivity contribution is 0.167. The first-order valence-electron chi connectivity index (χ1n) is 10.6. The van der Waals surface area contributed by atoms with E-state index in [0.717, 1.165) is 59.7 Å². The van der Waals surface area contributed by atoms with Gasteiger partial charge < -0.3 is 25.1 Å². The van der Waals surface area contributed by atoms with Crippen molar-refractivity contribution in [3.8, 4) is 17.4 Å². The molecule has 1 atom stereocenters. The molecule has 0 amide bonds. The zero-order valence-electron chi connectivity index (χ0n) is 17.4. The van der Waals surface area contributed by atoms with Crippen molar-refractivity contribution in [1.29, 1.82) is 0 Å². The summed E-state index contributed by atoms with van der Waals surface area (Å²) in [6, 6.07) is 17.6. The highest BCUT2D eigenvalue weighted by Gasteiger charge is 2.14. The Morgan fingerprint density at radius 2 is 2.03 bits per heavy atom. The zero-order chi connectivity index (χ0) is 21.0. The van der Waals surface area contributed by atoms with E-state index < -0.39 is 0 Å². The summed E-state index contributed by atoms with van der Waals surface area (Å²) >= 11 is 0. The molecule has 158 valence electrons. The lowest BCUT2D eigenvalue weighted by atomic mass is 10.1. The normalized spacial score (nSPS) is 16.2. The molecule has 7 heteroatoms. The Bertz CT molecular complexity index is 1180. The number of nitrogens with one attached hydrogen (secondary N) is 3. The second-order valence-electron chi connectivity index (χ2n) is 7.76. The Morgan fingerprint density at radius 3 is 2.94 bits per heavy atom. The van der Waals surface area contributed by atoms with E-state index in [2.05, 4.69) is 31.7 Å². The third-order valence-electron chi connectivity index (χ3n) is 5.22. The minimum Gasteiger partial charge on any atom is -0.489 e. The highest BCUT2D eigenvalue weighted by molar-refractivity contribution is 5.81. The Morgan fingerprint density at radius 1 is 1.06 bits per heavy atom. The lowest BCUT2D eigenvalue weighted by Gasteiger charge is -2.24. The molecule has 1 aliphatic rings. The van der Waals surface area contributed by atoms with Crippen molar-refractivity contribution in [3.05, 3.63) is 66.5 Å². The Kier molecular flexibility index (Phi) is 5.41. The second-order valence-corrected chi connectivity index (χ2v) is 7.76. The zero-order valence-corrected chi connectivity index (χ0v) is 17.4. The molecule has 3 heterocycles. The van der Waals surface area contributed by atoms with Crippen LogP contribution in [0.4, 0.5) is 11.6 Å². The van der Waals surface area contributed by atoms with Crippen molar-refractivity contribution in [3.63, 3.8) is 0 Å². The maximum Gasteiger partial charge on any atom is 0.230 e. The summed E-state index contributed by atoms with van der Waals surface area (Å²) < 4.78 is 12.1. The number of aromatic amines is 1. The van der Waals surface area contributed by atoms with E-state index in [9.17, 15) is 0 Å². The summed E-state index contributed by atoms with van der Waals surface area (Å²) in [7, 11) is 0. The van der Waals surface area contributed by atoms with E-state index in [0.29, 0.717) is 11.8 Å². The molecular formula is C24H25N5O2. The number of ether oxygens (including phenoxy) is 2. The van der Waals surface area contributed by atoms with E-state index >= 15 is 0 Å². The molecule has 1 saturated heterocycles. The maximum absolute atomic E-state index is 6.10. The number of aryl methyl sites for hydroxylation is 1. The van der Waals surface area contributed by atoms with Gasteiger partial charge in [-0.25, -0.2) is 4.98 Å². The van der Waals surface area contributed by atoms with Gasteiger partial charge in [-0.1, -0.05) is 6.07 Å². The van der Waals surface area contributed by atoms with Gasteiger partial charge in [-0.05, 0) is 62.7 Å². The van der Waals surface area contributed by atoms with Crippen LogP contribution in [0.2, 0.25) is 0 Å². The van der Waals surface area contributed by atoms with Gasteiger partial charge in [0.15, 0.2) is 0 Å². The fraction of sp³-hybridized carbons (Fsp3) is 0.250. The first kappa shape index (κ1) is 19.4. The SMILES string of the molecule is Cc1cc2cc(Oc3ccnc(Nc4cccc(OC5CCCNC5)c4)n3)ccc2[nH]1. The fourth-order valence-electron chi connectivity index (χ4n) is 3.79. The molecule has 7 nitrogen and oxygen atoms in total. The largest absolute Gasteiger partial charge is 0.489 e. The monoisotopic (exact) mass is 415 g/mol. The van der Waals surface area contributed by atoms with Gasteiger partial charge in [0.05, 0.1) is 0 Å². The van der Waals surface area contributed by atoms with Gasteiger partial charge in [-0.2, -0.15) is 4.98 Å². The summed E-state index contributed by atoms with van der Waals surface area (Å²) in [5.41, 5.74) is 3.07. The minimum atomic E-state index is 0.207. The molecule has 0 spiro atoms. The molecule has 4 aromatic rings. The number of nitrogens with zero attached hydrogens (tertiary/aromatic N) is 2. The molecule has 1 unspecified atom stereocenters. The van der Waals surface area contributed by atoms with Crippen LogP contribution in [0.3, 0.4) is 0 Å². The number of piperidine rings is 1. The van der Waals surface area contributed by atoms with Gasteiger partial charge in [-0.15, -0.1) is 0 Å². The van der Waals surface area contributed by atoms with Gasteiger partial charge >= 0.3 is 0 Å². The maximum atomic E-state index is 6.10. The lowest BCUT2D eigenvalue weighted by Crippen LogP contribution is -2.37. The van der Waals surface area contributed by atoms with Gasteiger partial charge in [0.1, 0.15) is 17.6 Å². The van der Waals surface area contributed by atoms with Crippen LogP contribution in [-0.2, 0) is 0 Å². The van der Waals surface area contributed by atoms with Crippen molar-refractivity contribution in [2.75, 3.05) is 18.4 Å². The van der Waals surface area contributed by atoms with Crippen LogP contribution >= 0.6 is 0 Å². The molecule has 2 aromatic carbocycles. The third-order valence-corrected chi connectivity index (χ3v) is 5.22. The van der Waals surface area contributed by atoms with E-state index in [-0.39, 0.29) is 6.10 Å². The van der Waals surface area contributed by atoms with Crippen molar-refractivity contribution in [1.82, 2.24) is 20.3 Å². The number of benzene rings is 2. The topological polar surface area (TPSA) is 84.1 Å². The number of anilines is 2. The Balaban J connectivity index is 1.28. The van der Waals surface area contributed by atoms with Crippen LogP contribution in [-0.4, -0.2) is 34.1 Å². The van der Waals surface area contributed by atoms with Gasteiger partial charge in [-0.3, -0.25) is 0 Å². The van der Waals surface area contributed by atoms with Crippen LogP contribution < -0.4 is 20.1 Å². The number of hydrogen-bond donors (Lipinski definition) is 3. The van der Waals surface area contributed by atoms with Crippen molar-refractivity contribution in [2.24, 2.45) is 0 Å². The highest BCUT2D eigenvalue weighted by atomic mass is 16.5. The Labute approximate surface area is 180 Å². The molecule has 31 heavy (non-hydrogen) atoms. The smallest absolute Gasteiger partial charge is 0.230 e. The first-order valence-corrected chi connectivity index (χ1v) is 10.6. The molecule has 0 bridgehead atoms. The fourth-order valence-corrected chi connectivity index (χ4v) is 3.79. The molecule has 0 saturated carbocycles. The third kappa shape index (κ3) is 4.78. The van der Waals surface area contributed by atoms with E-state index in [4.69, 9.17) is 9.47 Å². The highest BCUT2D eigenvalue weighted by Crippen LogP contribution is 2.26. The van der Waals surface area contributed by atoms with E-state index in [1.165, 1.54) is 0 Å². The number of H-pyrrole nitrogens is 1.